The third kappa shape index (κ3) is 4.55. The van der Waals surface area contributed by atoms with Crippen LogP contribution in [-0.4, -0.2) is 67.1 Å². The maximum atomic E-state index is 12.5. The molecular weight excluding hydrogens is 332 g/mol. The van der Waals surface area contributed by atoms with E-state index in [-0.39, 0.29) is 24.5 Å². The Morgan fingerprint density at radius 1 is 1.12 bits per heavy atom. The minimum Gasteiger partial charge on any atom is -0.483 e. The predicted molar refractivity (Wildman–Crippen MR) is 98.1 cm³/mol. The molecule has 6 heteroatoms. The largest absolute Gasteiger partial charge is 0.483 e. The average Bonchev–Trinajstić information content (AvgIpc) is 3.10. The predicted octanol–water partition coefficient (Wildman–Crippen LogP) is 1.87. The number of nitrogens with zero attached hydrogens (tertiary/aromatic N) is 2. The highest BCUT2D eigenvalue weighted by Crippen LogP contribution is 2.19. The molecule has 0 N–H and O–H groups in total. The summed E-state index contributed by atoms with van der Waals surface area (Å²) in [6.45, 7) is 5.24. The summed E-state index contributed by atoms with van der Waals surface area (Å²) in [6, 6.07) is 7.80. The number of rotatable bonds is 5. The zero-order chi connectivity index (χ0) is 18.4. The number of amides is 2. The van der Waals surface area contributed by atoms with Crippen LogP contribution in [0.5, 0.6) is 5.75 Å². The molecule has 6 nitrogen and oxygen atoms in total. The summed E-state index contributed by atoms with van der Waals surface area (Å²) in [5.41, 5.74) is 1.10. The van der Waals surface area contributed by atoms with Crippen molar-refractivity contribution in [2.24, 2.45) is 0 Å². The van der Waals surface area contributed by atoms with Crippen molar-refractivity contribution in [2.75, 3.05) is 39.4 Å². The fourth-order valence-electron chi connectivity index (χ4n) is 3.53. The maximum Gasteiger partial charge on any atom is 0.260 e. The highest BCUT2D eigenvalue weighted by atomic mass is 16.5. The molecule has 0 spiro atoms. The normalized spacial score (nSPS) is 20.7. The molecule has 1 aromatic rings. The number of carbonyl (C=O) groups is 2. The van der Waals surface area contributed by atoms with E-state index in [4.69, 9.17) is 9.47 Å². The molecule has 0 radical (unpaired) electrons. The van der Waals surface area contributed by atoms with E-state index in [1.165, 1.54) is 0 Å². The molecular formula is C20H28N2O4. The Hall–Kier alpha value is -2.08. The Kier molecular flexibility index (Phi) is 6.50. The van der Waals surface area contributed by atoms with Crippen LogP contribution in [0, 0.1) is 0 Å². The number of para-hydroxylation sites is 1. The quantitative estimate of drug-likeness (QED) is 0.804. The van der Waals surface area contributed by atoms with Crippen molar-refractivity contribution >= 4 is 11.8 Å². The van der Waals surface area contributed by atoms with Gasteiger partial charge in [0.05, 0.1) is 0 Å². The molecule has 2 aliphatic rings. The molecule has 2 saturated heterocycles. The molecule has 26 heavy (non-hydrogen) atoms. The lowest BCUT2D eigenvalue weighted by Crippen LogP contribution is -2.42. The number of carbonyl (C=O) groups excluding carboxylic acids is 2. The van der Waals surface area contributed by atoms with Gasteiger partial charge in [-0.05, 0) is 37.3 Å². The molecule has 1 atom stereocenters. The molecule has 2 fully saturated rings. The molecule has 142 valence electrons. The van der Waals surface area contributed by atoms with Gasteiger partial charge in [0.2, 0.25) is 0 Å². The molecule has 2 aliphatic heterocycles. The first-order valence-electron chi connectivity index (χ1n) is 9.58. The first-order chi connectivity index (χ1) is 12.7. The third-order valence-electron chi connectivity index (χ3n) is 5.07. The second-order valence-corrected chi connectivity index (χ2v) is 6.81. The second kappa shape index (κ2) is 9.03. The van der Waals surface area contributed by atoms with Gasteiger partial charge in [0.15, 0.2) is 6.61 Å². The monoisotopic (exact) mass is 360 g/mol. The van der Waals surface area contributed by atoms with Crippen LogP contribution in [0.2, 0.25) is 0 Å². The van der Waals surface area contributed by atoms with Crippen molar-refractivity contribution in [3.05, 3.63) is 29.8 Å². The first-order valence-corrected chi connectivity index (χ1v) is 9.58. The van der Waals surface area contributed by atoms with Crippen LogP contribution in [0.4, 0.5) is 0 Å². The van der Waals surface area contributed by atoms with Gasteiger partial charge in [-0.15, -0.1) is 0 Å². The lowest BCUT2D eigenvalue weighted by atomic mass is 10.1. The molecule has 1 aromatic carbocycles. The van der Waals surface area contributed by atoms with Gasteiger partial charge in [-0.2, -0.15) is 0 Å². The minimum atomic E-state index is -0.286. The maximum absolute atomic E-state index is 12.5. The summed E-state index contributed by atoms with van der Waals surface area (Å²) < 4.78 is 11.2. The van der Waals surface area contributed by atoms with Crippen molar-refractivity contribution in [3.63, 3.8) is 0 Å². The Balaban J connectivity index is 1.50. The lowest BCUT2D eigenvalue weighted by molar-refractivity contribution is -0.141. The first kappa shape index (κ1) is 18.7. The summed E-state index contributed by atoms with van der Waals surface area (Å²) >= 11 is 0. The van der Waals surface area contributed by atoms with Gasteiger partial charge in [-0.3, -0.25) is 9.59 Å². The molecule has 0 aromatic heterocycles. The Bertz CT molecular complexity index is 628. The highest BCUT2D eigenvalue weighted by Gasteiger charge is 2.30. The molecule has 3 rings (SSSR count). The van der Waals surface area contributed by atoms with Crippen molar-refractivity contribution in [2.45, 2.75) is 38.7 Å². The van der Waals surface area contributed by atoms with E-state index in [0.717, 1.165) is 37.0 Å². The summed E-state index contributed by atoms with van der Waals surface area (Å²) in [4.78, 5) is 28.7. The second-order valence-electron chi connectivity index (χ2n) is 6.81. The van der Waals surface area contributed by atoms with Crippen LogP contribution in [0.1, 0.15) is 31.7 Å². The van der Waals surface area contributed by atoms with Gasteiger partial charge in [-0.25, -0.2) is 0 Å². The zero-order valence-corrected chi connectivity index (χ0v) is 15.5. The molecule has 2 heterocycles. The van der Waals surface area contributed by atoms with Crippen molar-refractivity contribution in [1.82, 2.24) is 9.80 Å². The van der Waals surface area contributed by atoms with E-state index >= 15 is 0 Å². The number of hydrogen-bond donors (Lipinski definition) is 0. The molecule has 2 amide bonds. The van der Waals surface area contributed by atoms with Crippen molar-refractivity contribution in [3.8, 4) is 5.75 Å². The number of ether oxygens (including phenoxy) is 2. The fraction of sp³-hybridized carbons (Fsp3) is 0.600. The summed E-state index contributed by atoms with van der Waals surface area (Å²) in [7, 11) is 0. The number of aryl methyl sites for hydroxylation is 1. The van der Waals surface area contributed by atoms with Crippen LogP contribution in [0.25, 0.3) is 0 Å². The Labute approximate surface area is 155 Å². The van der Waals surface area contributed by atoms with Crippen LogP contribution in [0.3, 0.4) is 0 Å². The van der Waals surface area contributed by atoms with E-state index in [2.05, 4.69) is 6.92 Å². The van der Waals surface area contributed by atoms with E-state index in [9.17, 15) is 9.59 Å². The van der Waals surface area contributed by atoms with E-state index in [0.29, 0.717) is 32.8 Å². The van der Waals surface area contributed by atoms with Gasteiger partial charge < -0.3 is 19.3 Å². The van der Waals surface area contributed by atoms with Crippen LogP contribution in [-0.2, 0) is 20.7 Å². The van der Waals surface area contributed by atoms with Crippen LogP contribution in [0.15, 0.2) is 24.3 Å². The lowest BCUT2D eigenvalue weighted by Gasteiger charge is -2.24. The molecule has 0 aliphatic carbocycles. The van der Waals surface area contributed by atoms with Gasteiger partial charge in [-0.1, -0.05) is 25.1 Å². The fourth-order valence-corrected chi connectivity index (χ4v) is 3.53. The third-order valence-corrected chi connectivity index (χ3v) is 5.07. The van der Waals surface area contributed by atoms with Crippen molar-refractivity contribution in [1.29, 1.82) is 0 Å². The van der Waals surface area contributed by atoms with Gasteiger partial charge in [0.25, 0.3) is 11.8 Å². The van der Waals surface area contributed by atoms with Gasteiger partial charge in [0.1, 0.15) is 11.9 Å². The highest BCUT2D eigenvalue weighted by molar-refractivity contribution is 5.81. The van der Waals surface area contributed by atoms with Gasteiger partial charge >= 0.3 is 0 Å². The summed E-state index contributed by atoms with van der Waals surface area (Å²) in [5, 5.41) is 0. The van der Waals surface area contributed by atoms with Crippen molar-refractivity contribution < 1.29 is 19.1 Å². The van der Waals surface area contributed by atoms with Crippen LogP contribution < -0.4 is 4.74 Å². The number of hydrogen-bond acceptors (Lipinski definition) is 4. The van der Waals surface area contributed by atoms with E-state index in [1.807, 2.05) is 29.2 Å². The Morgan fingerprint density at radius 3 is 2.65 bits per heavy atom. The topological polar surface area (TPSA) is 59.1 Å². The standard InChI is InChI=1S/C20H28N2O4/c1-2-16-7-3-4-8-17(16)26-15-19(23)21-10-6-11-22(13-12-21)20(24)18-9-5-14-25-18/h3-4,7-8,18H,2,5-6,9-15H2,1H3. The molecule has 1 unspecified atom stereocenters. The molecule has 0 saturated carbocycles. The van der Waals surface area contributed by atoms with Crippen LogP contribution >= 0.6 is 0 Å². The summed E-state index contributed by atoms with van der Waals surface area (Å²) in [6.07, 6.45) is 3.13. The molecule has 0 bridgehead atoms. The van der Waals surface area contributed by atoms with E-state index < -0.39 is 0 Å². The zero-order valence-electron chi connectivity index (χ0n) is 15.5. The summed E-state index contributed by atoms with van der Waals surface area (Å²) in [5.74, 6) is 0.820. The SMILES string of the molecule is CCc1ccccc1OCC(=O)N1CCCN(C(=O)C2CCCO2)CC1. The van der Waals surface area contributed by atoms with E-state index in [1.54, 1.807) is 4.90 Å². The van der Waals surface area contributed by atoms with Gasteiger partial charge in [0, 0.05) is 32.8 Å². The smallest absolute Gasteiger partial charge is 0.260 e. The minimum absolute atomic E-state index is 0.0256. The number of benzene rings is 1. The average molecular weight is 360 g/mol. The Morgan fingerprint density at radius 2 is 1.88 bits per heavy atom.